The summed E-state index contributed by atoms with van der Waals surface area (Å²) in [7, 11) is 0. The van der Waals surface area contributed by atoms with Crippen LogP contribution in [0.1, 0.15) is 23.7 Å². The lowest BCUT2D eigenvalue weighted by atomic mass is 10.1. The zero-order valence-electron chi connectivity index (χ0n) is 19.6. The summed E-state index contributed by atoms with van der Waals surface area (Å²) in [6.45, 7) is 7.18. The van der Waals surface area contributed by atoms with Crippen LogP contribution in [0.25, 0.3) is 37.5 Å². The highest BCUT2D eigenvalue weighted by atomic mass is 32.1. The average Bonchev–Trinajstić information content (AvgIpc) is 3.45. The number of hydrogen-bond acceptors (Lipinski definition) is 7. The maximum Gasteiger partial charge on any atom is 0.182 e. The van der Waals surface area contributed by atoms with Gasteiger partial charge in [-0.05, 0) is 68.3 Å². The van der Waals surface area contributed by atoms with Gasteiger partial charge in [0.2, 0.25) is 0 Å². The zero-order chi connectivity index (χ0) is 23.9. The van der Waals surface area contributed by atoms with Crippen molar-refractivity contribution < 1.29 is 9.47 Å². The van der Waals surface area contributed by atoms with Gasteiger partial charge in [0.15, 0.2) is 11.5 Å². The fourth-order valence-electron chi connectivity index (χ4n) is 4.26. The van der Waals surface area contributed by atoms with Gasteiger partial charge in [0.25, 0.3) is 0 Å². The highest BCUT2D eigenvalue weighted by molar-refractivity contribution is 7.26. The number of aromatic nitrogens is 5. The van der Waals surface area contributed by atoms with Gasteiger partial charge in [0, 0.05) is 16.6 Å². The van der Waals surface area contributed by atoms with E-state index in [1.54, 1.807) is 22.2 Å². The van der Waals surface area contributed by atoms with Crippen molar-refractivity contribution in [2.45, 2.75) is 27.4 Å². The smallest absolute Gasteiger partial charge is 0.182 e. The van der Waals surface area contributed by atoms with Crippen LogP contribution in [-0.4, -0.2) is 31.2 Å². The SMILES string of the molecule is CCOc1ccc(OCc2cccc(-c3nc4c5sc6nc(C)cc(C)c6c5ncn4n3)c2)cc1. The van der Waals surface area contributed by atoms with Gasteiger partial charge in [0.1, 0.15) is 34.0 Å². The van der Waals surface area contributed by atoms with Crippen LogP contribution in [0.2, 0.25) is 0 Å². The van der Waals surface area contributed by atoms with E-state index in [-0.39, 0.29) is 0 Å². The van der Waals surface area contributed by atoms with Crippen molar-refractivity contribution in [1.82, 2.24) is 24.6 Å². The number of benzene rings is 2. The number of hydrogen-bond donors (Lipinski definition) is 0. The molecule has 0 aliphatic carbocycles. The summed E-state index contributed by atoms with van der Waals surface area (Å²) in [6.07, 6.45) is 1.73. The van der Waals surface area contributed by atoms with E-state index in [1.807, 2.05) is 56.3 Å². The molecule has 35 heavy (non-hydrogen) atoms. The standard InChI is InChI=1S/C27H23N5O2S/c1-4-33-20-8-10-21(11-9-20)34-14-18-6-5-7-19(13-18)25-30-26-24-23(28-15-32(26)31-25)22-16(2)12-17(3)29-27(22)35-24/h5-13,15H,4,14H2,1-3H3. The minimum absolute atomic E-state index is 0.446. The Labute approximate surface area is 206 Å². The van der Waals surface area contributed by atoms with Crippen LogP contribution in [0, 0.1) is 13.8 Å². The first-order valence-corrected chi connectivity index (χ1v) is 12.3. The second-order valence-electron chi connectivity index (χ2n) is 8.38. The van der Waals surface area contributed by atoms with E-state index in [2.05, 4.69) is 19.1 Å². The van der Waals surface area contributed by atoms with Gasteiger partial charge in [-0.25, -0.2) is 19.5 Å². The second kappa shape index (κ2) is 8.63. The first-order chi connectivity index (χ1) is 17.1. The molecule has 2 aromatic carbocycles. The number of rotatable bonds is 6. The fraction of sp³-hybridized carbons (Fsp3) is 0.185. The highest BCUT2D eigenvalue weighted by Crippen LogP contribution is 2.36. The number of pyridine rings is 1. The Morgan fingerprint density at radius 1 is 0.943 bits per heavy atom. The Balaban J connectivity index is 1.31. The summed E-state index contributed by atoms with van der Waals surface area (Å²) in [6, 6.07) is 17.9. The number of fused-ring (bicyclic) bond motifs is 5. The van der Waals surface area contributed by atoms with Gasteiger partial charge >= 0.3 is 0 Å². The zero-order valence-corrected chi connectivity index (χ0v) is 20.5. The lowest BCUT2D eigenvalue weighted by molar-refractivity contribution is 0.304. The van der Waals surface area contributed by atoms with E-state index in [4.69, 9.17) is 29.5 Å². The predicted octanol–water partition coefficient (Wildman–Crippen LogP) is 6.15. The van der Waals surface area contributed by atoms with Gasteiger partial charge in [-0.3, -0.25) is 0 Å². The normalized spacial score (nSPS) is 11.5. The van der Waals surface area contributed by atoms with Crippen LogP contribution < -0.4 is 9.47 Å². The summed E-state index contributed by atoms with van der Waals surface area (Å²) >= 11 is 1.61. The molecular formula is C27H23N5O2S. The summed E-state index contributed by atoms with van der Waals surface area (Å²) in [4.78, 5) is 15.3. The van der Waals surface area contributed by atoms with Crippen LogP contribution in [-0.2, 0) is 6.61 Å². The van der Waals surface area contributed by atoms with Crippen molar-refractivity contribution >= 4 is 37.4 Å². The van der Waals surface area contributed by atoms with Gasteiger partial charge in [-0.2, -0.15) is 0 Å². The van der Waals surface area contributed by atoms with E-state index in [9.17, 15) is 0 Å². The first-order valence-electron chi connectivity index (χ1n) is 11.5. The Hall–Kier alpha value is -4.04. The number of nitrogens with zero attached hydrogens (tertiary/aromatic N) is 5. The molecule has 4 aromatic heterocycles. The third kappa shape index (κ3) is 3.95. The molecule has 6 rings (SSSR count). The Kier molecular flexibility index (Phi) is 5.30. The minimum Gasteiger partial charge on any atom is -0.494 e. The van der Waals surface area contributed by atoms with Crippen LogP contribution >= 0.6 is 11.3 Å². The summed E-state index contributed by atoms with van der Waals surface area (Å²) in [5.41, 5.74) is 5.87. The Morgan fingerprint density at radius 2 is 1.74 bits per heavy atom. The van der Waals surface area contributed by atoms with E-state index in [1.165, 1.54) is 5.56 Å². The van der Waals surface area contributed by atoms with Crippen molar-refractivity contribution in [2.24, 2.45) is 0 Å². The van der Waals surface area contributed by atoms with Crippen LogP contribution in [0.15, 0.2) is 60.9 Å². The molecule has 0 bridgehead atoms. The Morgan fingerprint density at radius 3 is 2.54 bits per heavy atom. The molecule has 6 aromatic rings. The molecule has 0 aliphatic rings. The van der Waals surface area contributed by atoms with Crippen molar-refractivity contribution in [3.8, 4) is 22.9 Å². The minimum atomic E-state index is 0.446. The molecule has 0 atom stereocenters. The van der Waals surface area contributed by atoms with Crippen LogP contribution in [0.3, 0.4) is 0 Å². The summed E-state index contributed by atoms with van der Waals surface area (Å²) in [5.74, 6) is 2.28. The van der Waals surface area contributed by atoms with E-state index < -0.39 is 0 Å². The third-order valence-corrected chi connectivity index (χ3v) is 6.89. The first kappa shape index (κ1) is 21.5. The molecule has 0 spiro atoms. The Bertz CT molecular complexity index is 1690. The van der Waals surface area contributed by atoms with E-state index in [0.29, 0.717) is 19.0 Å². The van der Waals surface area contributed by atoms with Crippen molar-refractivity contribution in [3.63, 3.8) is 0 Å². The van der Waals surface area contributed by atoms with Crippen LogP contribution in [0.5, 0.6) is 11.5 Å². The largest absolute Gasteiger partial charge is 0.494 e. The molecule has 0 fully saturated rings. The van der Waals surface area contributed by atoms with Crippen molar-refractivity contribution in [2.75, 3.05) is 6.61 Å². The van der Waals surface area contributed by atoms with Crippen LogP contribution in [0.4, 0.5) is 0 Å². The molecule has 0 radical (unpaired) electrons. The molecule has 7 nitrogen and oxygen atoms in total. The lowest BCUT2D eigenvalue weighted by Gasteiger charge is -2.08. The number of aryl methyl sites for hydroxylation is 2. The van der Waals surface area contributed by atoms with Crippen molar-refractivity contribution in [3.05, 3.63) is 77.7 Å². The summed E-state index contributed by atoms with van der Waals surface area (Å²) in [5, 5.41) is 5.80. The second-order valence-corrected chi connectivity index (χ2v) is 9.38. The molecule has 4 heterocycles. The quantitative estimate of drug-likeness (QED) is 0.284. The molecule has 0 unspecified atom stereocenters. The monoisotopic (exact) mass is 481 g/mol. The molecule has 0 amide bonds. The molecule has 174 valence electrons. The molecular weight excluding hydrogens is 458 g/mol. The lowest BCUT2D eigenvalue weighted by Crippen LogP contribution is -1.96. The maximum absolute atomic E-state index is 5.97. The number of thiophene rings is 1. The molecule has 0 aliphatic heterocycles. The molecule has 0 N–H and O–H groups in total. The van der Waals surface area contributed by atoms with Gasteiger partial charge in [0.05, 0.1) is 12.1 Å². The van der Waals surface area contributed by atoms with Gasteiger partial charge in [-0.1, -0.05) is 18.2 Å². The fourth-order valence-corrected chi connectivity index (χ4v) is 5.48. The highest BCUT2D eigenvalue weighted by Gasteiger charge is 2.17. The van der Waals surface area contributed by atoms with E-state index >= 15 is 0 Å². The van der Waals surface area contributed by atoms with E-state index in [0.717, 1.165) is 54.4 Å². The topological polar surface area (TPSA) is 74.4 Å². The van der Waals surface area contributed by atoms with Crippen molar-refractivity contribution in [1.29, 1.82) is 0 Å². The predicted molar refractivity (Wildman–Crippen MR) is 138 cm³/mol. The summed E-state index contributed by atoms with van der Waals surface area (Å²) < 4.78 is 14.2. The van der Waals surface area contributed by atoms with Gasteiger partial charge in [-0.15, -0.1) is 16.4 Å². The average molecular weight is 482 g/mol. The third-order valence-electron chi connectivity index (χ3n) is 5.82. The molecule has 0 saturated carbocycles. The number of ether oxygens (including phenoxy) is 2. The molecule has 8 heteroatoms. The van der Waals surface area contributed by atoms with Gasteiger partial charge < -0.3 is 9.47 Å². The molecule has 0 saturated heterocycles. The maximum atomic E-state index is 5.97.